The number of amides is 1. The number of rotatable bonds is 6. The molecule has 0 radical (unpaired) electrons. The molecule has 2 aromatic carbocycles. The first-order valence-electron chi connectivity index (χ1n) is 9.17. The highest BCUT2D eigenvalue weighted by Gasteiger charge is 2.15. The van der Waals surface area contributed by atoms with Crippen molar-refractivity contribution in [2.45, 2.75) is 13.1 Å². The first-order chi connectivity index (χ1) is 14.6. The molecule has 0 spiro atoms. The van der Waals surface area contributed by atoms with Crippen LogP contribution < -0.4 is 30.6 Å². The summed E-state index contributed by atoms with van der Waals surface area (Å²) < 4.78 is 18.1. The van der Waals surface area contributed by atoms with E-state index in [1.807, 2.05) is 6.07 Å². The van der Waals surface area contributed by atoms with Crippen LogP contribution in [0.3, 0.4) is 0 Å². The number of hydrogen-bond acceptors (Lipinski definition) is 6. The number of aromatic nitrogens is 2. The summed E-state index contributed by atoms with van der Waals surface area (Å²) in [5.41, 5.74) is -0.305. The highest BCUT2D eigenvalue weighted by Crippen LogP contribution is 2.32. The van der Waals surface area contributed by atoms with Crippen molar-refractivity contribution in [3.05, 3.63) is 81.1 Å². The Morgan fingerprint density at radius 2 is 1.87 bits per heavy atom. The molecule has 0 bridgehead atoms. The first kappa shape index (κ1) is 19.3. The normalized spacial score (nSPS) is 11.9. The molecule has 1 amide bonds. The number of carbonyl (C=O) groups excluding carboxylic acids is 1. The van der Waals surface area contributed by atoms with Gasteiger partial charge in [0.25, 0.3) is 0 Å². The van der Waals surface area contributed by atoms with E-state index in [1.165, 1.54) is 24.1 Å². The molecule has 9 nitrogen and oxygen atoms in total. The van der Waals surface area contributed by atoms with Gasteiger partial charge in [0, 0.05) is 18.9 Å². The maximum atomic E-state index is 12.5. The summed E-state index contributed by atoms with van der Waals surface area (Å²) in [6.45, 7) is 0.155. The predicted molar refractivity (Wildman–Crippen MR) is 107 cm³/mol. The van der Waals surface area contributed by atoms with Gasteiger partial charge in [0.15, 0.2) is 11.5 Å². The van der Waals surface area contributed by atoms with Crippen molar-refractivity contribution >= 4 is 5.91 Å². The highest BCUT2D eigenvalue weighted by atomic mass is 16.7. The van der Waals surface area contributed by atoms with Crippen LogP contribution in [0.1, 0.15) is 5.56 Å². The van der Waals surface area contributed by atoms with Crippen LogP contribution in [0.2, 0.25) is 0 Å². The molecule has 154 valence electrons. The molecule has 0 saturated carbocycles. The van der Waals surface area contributed by atoms with Gasteiger partial charge in [-0.2, -0.15) is 0 Å². The lowest BCUT2D eigenvalue weighted by Gasteiger charge is -2.12. The second-order valence-electron chi connectivity index (χ2n) is 6.54. The summed E-state index contributed by atoms with van der Waals surface area (Å²) in [4.78, 5) is 37.3. The number of fused-ring (bicyclic) bond motifs is 1. The van der Waals surface area contributed by atoms with Crippen molar-refractivity contribution < 1.29 is 19.0 Å². The monoisotopic (exact) mass is 409 g/mol. The van der Waals surface area contributed by atoms with Crippen molar-refractivity contribution in [3.63, 3.8) is 0 Å². The number of ether oxygens (including phenoxy) is 3. The Labute approximate surface area is 171 Å². The molecule has 0 aliphatic carbocycles. The topological polar surface area (TPSA) is 101 Å². The first-order valence-corrected chi connectivity index (χ1v) is 9.17. The minimum atomic E-state index is -0.804. The lowest BCUT2D eigenvalue weighted by Crippen LogP contribution is -2.42. The van der Waals surface area contributed by atoms with Crippen molar-refractivity contribution in [2.24, 2.45) is 0 Å². The summed E-state index contributed by atoms with van der Waals surface area (Å²) in [7, 11) is 1.48. The van der Waals surface area contributed by atoms with Crippen LogP contribution in [0.25, 0.3) is 5.69 Å². The van der Waals surface area contributed by atoms with E-state index >= 15 is 0 Å². The summed E-state index contributed by atoms with van der Waals surface area (Å²) in [5.74, 6) is 1.34. The Morgan fingerprint density at radius 3 is 2.70 bits per heavy atom. The maximum absolute atomic E-state index is 12.5. The molecule has 30 heavy (non-hydrogen) atoms. The molecule has 4 rings (SSSR count). The van der Waals surface area contributed by atoms with E-state index in [0.717, 1.165) is 10.1 Å². The summed E-state index contributed by atoms with van der Waals surface area (Å²) >= 11 is 0. The Bertz CT molecular complexity index is 1210. The van der Waals surface area contributed by atoms with E-state index in [9.17, 15) is 14.4 Å². The van der Waals surface area contributed by atoms with E-state index in [2.05, 4.69) is 5.32 Å². The number of nitrogens with one attached hydrogen (secondary N) is 1. The van der Waals surface area contributed by atoms with Crippen molar-refractivity contribution in [3.8, 4) is 22.9 Å². The molecule has 0 fully saturated rings. The number of para-hydroxylation sites is 2. The van der Waals surface area contributed by atoms with Crippen molar-refractivity contribution in [1.82, 2.24) is 14.5 Å². The van der Waals surface area contributed by atoms with Crippen LogP contribution in [0.4, 0.5) is 0 Å². The predicted octanol–water partition coefficient (Wildman–Crippen LogP) is 1.05. The molecular weight excluding hydrogens is 390 g/mol. The van der Waals surface area contributed by atoms with Crippen molar-refractivity contribution in [2.75, 3.05) is 13.9 Å². The average Bonchev–Trinajstić information content (AvgIpc) is 3.23. The Hall–Kier alpha value is -4.01. The minimum absolute atomic E-state index is 0.175. The molecule has 2 heterocycles. The smallest absolute Gasteiger partial charge is 0.321 e. The second-order valence-corrected chi connectivity index (χ2v) is 6.54. The summed E-state index contributed by atoms with van der Waals surface area (Å²) in [5, 5.41) is 2.73. The largest absolute Gasteiger partial charge is 0.495 e. The number of carbonyl (C=O) groups is 1. The lowest BCUT2D eigenvalue weighted by atomic mass is 10.2. The fraction of sp³-hybridized carbons (Fsp3) is 0.190. The Morgan fingerprint density at radius 1 is 1.07 bits per heavy atom. The molecule has 1 aliphatic heterocycles. The number of hydrogen-bond donors (Lipinski definition) is 1. The molecule has 0 saturated heterocycles. The number of benzene rings is 2. The van der Waals surface area contributed by atoms with Crippen LogP contribution in [0, 0.1) is 0 Å². The quantitative estimate of drug-likeness (QED) is 0.611. The van der Waals surface area contributed by atoms with Gasteiger partial charge < -0.3 is 19.5 Å². The molecule has 0 unspecified atom stereocenters. The van der Waals surface area contributed by atoms with E-state index in [1.54, 1.807) is 36.4 Å². The molecule has 1 aliphatic rings. The third kappa shape index (κ3) is 3.77. The zero-order chi connectivity index (χ0) is 21.1. The fourth-order valence-electron chi connectivity index (χ4n) is 3.11. The third-order valence-electron chi connectivity index (χ3n) is 4.64. The molecule has 9 heteroatoms. The maximum Gasteiger partial charge on any atom is 0.321 e. The molecule has 0 atom stereocenters. The molecule has 3 aromatic rings. The van der Waals surface area contributed by atoms with Crippen molar-refractivity contribution in [1.29, 1.82) is 0 Å². The van der Waals surface area contributed by atoms with Gasteiger partial charge in [-0.15, -0.1) is 0 Å². The highest BCUT2D eigenvalue weighted by molar-refractivity contribution is 5.75. The molecule has 1 N–H and O–H groups in total. The van der Waals surface area contributed by atoms with Gasteiger partial charge in [0.2, 0.25) is 12.7 Å². The van der Waals surface area contributed by atoms with Gasteiger partial charge in [-0.1, -0.05) is 18.2 Å². The zero-order valence-corrected chi connectivity index (χ0v) is 16.2. The van der Waals surface area contributed by atoms with E-state index in [-0.39, 0.29) is 19.9 Å². The molecule has 1 aromatic heterocycles. The number of methoxy groups -OCH3 is 1. The van der Waals surface area contributed by atoms with Crippen LogP contribution in [0.5, 0.6) is 17.2 Å². The van der Waals surface area contributed by atoms with Gasteiger partial charge in [-0.3, -0.25) is 23.5 Å². The van der Waals surface area contributed by atoms with Gasteiger partial charge in [-0.05, 0) is 29.8 Å². The van der Waals surface area contributed by atoms with Gasteiger partial charge in [0.05, 0.1) is 12.8 Å². The number of nitrogens with zero attached hydrogens (tertiary/aromatic N) is 2. The zero-order valence-electron chi connectivity index (χ0n) is 16.2. The molecular formula is C21H19N3O6. The fourth-order valence-corrected chi connectivity index (χ4v) is 3.11. The summed E-state index contributed by atoms with van der Waals surface area (Å²) in [6, 6.07) is 12.2. The minimum Gasteiger partial charge on any atom is -0.495 e. The van der Waals surface area contributed by atoms with Crippen LogP contribution in [-0.2, 0) is 17.9 Å². The Balaban J connectivity index is 1.47. The van der Waals surface area contributed by atoms with E-state index in [4.69, 9.17) is 14.2 Å². The van der Waals surface area contributed by atoms with Gasteiger partial charge in [-0.25, -0.2) is 0 Å². The third-order valence-corrected chi connectivity index (χ3v) is 4.64. The standard InChI is InChI=1S/C21H19N3O6/c1-28-16-5-3-2-4-15(16)24-9-8-23(20(26)21(24)27)12-19(25)22-11-14-6-7-17-18(10-14)30-13-29-17/h2-10H,11-13H2,1H3,(H,22,25). The van der Waals surface area contributed by atoms with Gasteiger partial charge >= 0.3 is 11.1 Å². The second kappa shape index (κ2) is 8.16. The van der Waals surface area contributed by atoms with E-state index in [0.29, 0.717) is 22.9 Å². The SMILES string of the molecule is COc1ccccc1-n1ccn(CC(=O)NCc2ccc3c(c2)OCO3)c(=O)c1=O. The summed E-state index contributed by atoms with van der Waals surface area (Å²) in [6.07, 6.45) is 2.84. The van der Waals surface area contributed by atoms with Crippen LogP contribution in [-0.4, -0.2) is 28.9 Å². The van der Waals surface area contributed by atoms with Crippen LogP contribution in [0.15, 0.2) is 64.4 Å². The van der Waals surface area contributed by atoms with Gasteiger partial charge in [0.1, 0.15) is 12.3 Å². The van der Waals surface area contributed by atoms with E-state index < -0.39 is 17.0 Å². The Kier molecular flexibility index (Phi) is 5.25. The van der Waals surface area contributed by atoms with Crippen LogP contribution >= 0.6 is 0 Å². The lowest BCUT2D eigenvalue weighted by molar-refractivity contribution is -0.121. The average molecular weight is 409 g/mol.